The minimum atomic E-state index is -0.549. The van der Waals surface area contributed by atoms with Gasteiger partial charge in [-0.25, -0.2) is 0 Å². The zero-order chi connectivity index (χ0) is 13.0. The summed E-state index contributed by atoms with van der Waals surface area (Å²) >= 11 is 0. The average molecular weight is 248 g/mol. The van der Waals surface area contributed by atoms with Crippen molar-refractivity contribution in [3.63, 3.8) is 0 Å². The number of likely N-dealkylation sites (tertiary alicyclic amines) is 1. The van der Waals surface area contributed by atoms with Crippen LogP contribution >= 0.6 is 0 Å². The van der Waals surface area contributed by atoms with Crippen molar-refractivity contribution >= 4 is 5.91 Å². The Morgan fingerprint density at radius 1 is 1.50 bits per heavy atom. The standard InChI is InChI=1S/C14H20N2O2/c1-18-10-11-7-8-16(9-11)14(17)13(15)12-5-3-2-4-6-12/h2-6,11,13H,7-10,15H2,1H3/t11?,13-/m0/s1. The molecule has 18 heavy (non-hydrogen) atoms. The van der Waals surface area contributed by atoms with Crippen molar-refractivity contribution in [2.45, 2.75) is 12.5 Å². The molecule has 1 aliphatic heterocycles. The van der Waals surface area contributed by atoms with Crippen molar-refractivity contribution in [2.75, 3.05) is 26.8 Å². The molecule has 0 radical (unpaired) electrons. The smallest absolute Gasteiger partial charge is 0.244 e. The van der Waals surface area contributed by atoms with Crippen LogP contribution in [-0.2, 0) is 9.53 Å². The Balaban J connectivity index is 1.96. The number of ether oxygens (including phenoxy) is 1. The summed E-state index contributed by atoms with van der Waals surface area (Å²) in [6.45, 7) is 2.25. The third kappa shape index (κ3) is 2.89. The molecule has 1 unspecified atom stereocenters. The van der Waals surface area contributed by atoms with Crippen LogP contribution in [0.3, 0.4) is 0 Å². The molecule has 4 heteroatoms. The van der Waals surface area contributed by atoms with E-state index in [1.807, 2.05) is 35.2 Å². The summed E-state index contributed by atoms with van der Waals surface area (Å²) in [7, 11) is 1.69. The maximum Gasteiger partial charge on any atom is 0.244 e. The molecule has 1 amide bonds. The van der Waals surface area contributed by atoms with Crippen molar-refractivity contribution in [1.29, 1.82) is 0 Å². The maximum atomic E-state index is 12.3. The van der Waals surface area contributed by atoms with E-state index in [0.717, 1.165) is 25.1 Å². The van der Waals surface area contributed by atoms with E-state index in [2.05, 4.69) is 0 Å². The van der Waals surface area contributed by atoms with Gasteiger partial charge in [-0.3, -0.25) is 4.79 Å². The molecule has 2 rings (SSSR count). The lowest BCUT2D eigenvalue weighted by atomic mass is 10.1. The average Bonchev–Trinajstić information content (AvgIpc) is 2.87. The first-order valence-corrected chi connectivity index (χ1v) is 6.30. The Morgan fingerprint density at radius 2 is 2.22 bits per heavy atom. The lowest BCUT2D eigenvalue weighted by Gasteiger charge is -2.21. The predicted octanol–water partition coefficient (Wildman–Crippen LogP) is 1.18. The van der Waals surface area contributed by atoms with Gasteiger partial charge in [0.05, 0.1) is 6.61 Å². The highest BCUT2D eigenvalue weighted by molar-refractivity contribution is 5.83. The number of benzene rings is 1. The normalized spacial score (nSPS) is 21.0. The second-order valence-corrected chi connectivity index (χ2v) is 4.78. The van der Waals surface area contributed by atoms with E-state index in [4.69, 9.17) is 10.5 Å². The van der Waals surface area contributed by atoms with E-state index >= 15 is 0 Å². The highest BCUT2D eigenvalue weighted by Gasteiger charge is 2.29. The Labute approximate surface area is 108 Å². The highest BCUT2D eigenvalue weighted by atomic mass is 16.5. The Hall–Kier alpha value is -1.39. The Kier molecular flexibility index (Phi) is 4.33. The molecular formula is C14H20N2O2. The molecule has 0 saturated carbocycles. The van der Waals surface area contributed by atoms with Crippen LogP contribution in [0.2, 0.25) is 0 Å². The van der Waals surface area contributed by atoms with Crippen molar-refractivity contribution < 1.29 is 9.53 Å². The summed E-state index contributed by atoms with van der Waals surface area (Å²) in [5.74, 6) is 0.460. The van der Waals surface area contributed by atoms with Crippen LogP contribution in [0, 0.1) is 5.92 Å². The summed E-state index contributed by atoms with van der Waals surface area (Å²) in [4.78, 5) is 14.1. The van der Waals surface area contributed by atoms with Gasteiger partial charge in [0, 0.05) is 26.1 Å². The SMILES string of the molecule is COCC1CCN(C(=O)[C@@H](N)c2ccccc2)C1. The molecule has 1 fully saturated rings. The number of hydrogen-bond donors (Lipinski definition) is 1. The molecular weight excluding hydrogens is 228 g/mol. The van der Waals surface area contributed by atoms with Crippen molar-refractivity contribution in [3.8, 4) is 0 Å². The third-order valence-electron chi connectivity index (χ3n) is 3.42. The van der Waals surface area contributed by atoms with E-state index in [1.54, 1.807) is 7.11 Å². The van der Waals surface area contributed by atoms with Crippen molar-refractivity contribution in [1.82, 2.24) is 4.90 Å². The van der Waals surface area contributed by atoms with Crippen LogP contribution in [0.15, 0.2) is 30.3 Å². The Morgan fingerprint density at radius 3 is 2.89 bits per heavy atom. The molecule has 1 aliphatic rings. The molecule has 1 saturated heterocycles. The lowest BCUT2D eigenvalue weighted by Crippen LogP contribution is -2.37. The number of methoxy groups -OCH3 is 1. The molecule has 0 spiro atoms. The molecule has 1 aromatic rings. The molecule has 1 heterocycles. The monoisotopic (exact) mass is 248 g/mol. The molecule has 4 nitrogen and oxygen atoms in total. The summed E-state index contributed by atoms with van der Waals surface area (Å²) in [5.41, 5.74) is 6.89. The second-order valence-electron chi connectivity index (χ2n) is 4.78. The number of rotatable bonds is 4. The molecule has 2 N–H and O–H groups in total. The van der Waals surface area contributed by atoms with Gasteiger partial charge < -0.3 is 15.4 Å². The van der Waals surface area contributed by atoms with E-state index in [9.17, 15) is 4.79 Å². The minimum absolute atomic E-state index is 0.0137. The number of carbonyl (C=O) groups is 1. The fourth-order valence-corrected chi connectivity index (χ4v) is 2.40. The van der Waals surface area contributed by atoms with E-state index in [-0.39, 0.29) is 5.91 Å². The molecule has 0 aromatic heterocycles. The highest BCUT2D eigenvalue weighted by Crippen LogP contribution is 2.20. The van der Waals surface area contributed by atoms with Gasteiger partial charge in [-0.2, -0.15) is 0 Å². The van der Waals surface area contributed by atoms with Crippen LogP contribution in [0.5, 0.6) is 0 Å². The van der Waals surface area contributed by atoms with Crippen molar-refractivity contribution in [2.24, 2.45) is 11.7 Å². The van der Waals surface area contributed by atoms with Gasteiger partial charge in [-0.05, 0) is 12.0 Å². The first-order chi connectivity index (χ1) is 8.72. The van der Waals surface area contributed by atoms with Gasteiger partial charge in [0.15, 0.2) is 0 Å². The minimum Gasteiger partial charge on any atom is -0.384 e. The first-order valence-electron chi connectivity index (χ1n) is 6.30. The fraction of sp³-hybridized carbons (Fsp3) is 0.500. The van der Waals surface area contributed by atoms with Crippen LogP contribution in [0.1, 0.15) is 18.0 Å². The number of nitrogens with two attached hydrogens (primary N) is 1. The molecule has 98 valence electrons. The summed E-state index contributed by atoms with van der Waals surface area (Å²) < 4.78 is 5.13. The number of nitrogens with zero attached hydrogens (tertiary/aromatic N) is 1. The van der Waals surface area contributed by atoms with Gasteiger partial charge in [0.25, 0.3) is 0 Å². The number of carbonyl (C=O) groups excluding carboxylic acids is 1. The van der Waals surface area contributed by atoms with Gasteiger partial charge >= 0.3 is 0 Å². The molecule has 1 aromatic carbocycles. The van der Waals surface area contributed by atoms with Crippen LogP contribution < -0.4 is 5.73 Å². The first kappa shape index (κ1) is 13.1. The largest absolute Gasteiger partial charge is 0.384 e. The van der Waals surface area contributed by atoms with E-state index in [0.29, 0.717) is 12.5 Å². The summed E-state index contributed by atoms with van der Waals surface area (Å²) in [6, 6.07) is 8.97. The van der Waals surface area contributed by atoms with Crippen LogP contribution in [-0.4, -0.2) is 37.6 Å². The van der Waals surface area contributed by atoms with Crippen LogP contribution in [0.4, 0.5) is 0 Å². The number of hydrogen-bond acceptors (Lipinski definition) is 3. The zero-order valence-corrected chi connectivity index (χ0v) is 10.7. The fourth-order valence-electron chi connectivity index (χ4n) is 2.40. The third-order valence-corrected chi connectivity index (χ3v) is 3.42. The molecule has 2 atom stereocenters. The summed E-state index contributed by atoms with van der Waals surface area (Å²) in [5, 5.41) is 0. The molecule has 0 bridgehead atoms. The van der Waals surface area contributed by atoms with E-state index in [1.165, 1.54) is 0 Å². The second kappa shape index (κ2) is 5.98. The van der Waals surface area contributed by atoms with Gasteiger partial charge in [0.1, 0.15) is 6.04 Å². The quantitative estimate of drug-likeness (QED) is 0.870. The lowest BCUT2D eigenvalue weighted by molar-refractivity contribution is -0.131. The van der Waals surface area contributed by atoms with Crippen molar-refractivity contribution in [3.05, 3.63) is 35.9 Å². The van der Waals surface area contributed by atoms with Gasteiger partial charge in [-0.15, -0.1) is 0 Å². The number of amides is 1. The van der Waals surface area contributed by atoms with Gasteiger partial charge in [0.2, 0.25) is 5.91 Å². The molecule has 0 aliphatic carbocycles. The Bertz CT molecular complexity index is 394. The van der Waals surface area contributed by atoms with Crippen LogP contribution in [0.25, 0.3) is 0 Å². The van der Waals surface area contributed by atoms with E-state index < -0.39 is 6.04 Å². The zero-order valence-electron chi connectivity index (χ0n) is 10.7. The van der Waals surface area contributed by atoms with Gasteiger partial charge in [-0.1, -0.05) is 30.3 Å². The topological polar surface area (TPSA) is 55.6 Å². The maximum absolute atomic E-state index is 12.3. The summed E-state index contributed by atoms with van der Waals surface area (Å²) in [6.07, 6.45) is 1.00. The predicted molar refractivity (Wildman–Crippen MR) is 69.9 cm³/mol.